The molecule has 0 unspecified atom stereocenters. The van der Waals surface area contributed by atoms with Gasteiger partial charge in [-0.2, -0.15) is 0 Å². The Balaban J connectivity index is 0.00000108. The normalized spacial score (nSPS) is 10.1. The monoisotopic (exact) mass is 566 g/mol. The van der Waals surface area contributed by atoms with Gasteiger partial charge in [-0.3, -0.25) is 9.59 Å². The van der Waals surface area contributed by atoms with Crippen LogP contribution >= 0.6 is 0 Å². The van der Waals surface area contributed by atoms with E-state index < -0.39 is 15.7 Å². The highest BCUT2D eigenvalue weighted by molar-refractivity contribution is 7.91. The number of benzene rings is 3. The van der Waals surface area contributed by atoms with E-state index in [9.17, 15) is 28.2 Å². The van der Waals surface area contributed by atoms with Gasteiger partial charge in [-0.05, 0) is 48.5 Å². The van der Waals surface area contributed by atoms with E-state index in [1.807, 2.05) is 27.7 Å². The van der Waals surface area contributed by atoms with Gasteiger partial charge in [-0.25, -0.2) is 8.42 Å². The molecule has 0 atom stereocenters. The van der Waals surface area contributed by atoms with Gasteiger partial charge in [0.2, 0.25) is 9.84 Å². The standard InChI is InChI=1S/C20H18N2O5S.C7H8O.2C2H6/c1-21-16-11-14(7-9-18(16)23)28(26,27)15-8-10-19(24)17(12-15)22-20(25)13-5-3-2-4-6-13;1-3-5-7(4-2)6-8;2*1-2/h2-12,21,23-24H,1H3,(H,22,25);3-6H,1-2H2;2*1-2H3/b;7-5+;;. The van der Waals surface area contributed by atoms with Crippen LogP contribution in [0.25, 0.3) is 0 Å². The van der Waals surface area contributed by atoms with Crippen molar-refractivity contribution in [1.29, 1.82) is 0 Å². The molecule has 0 bridgehead atoms. The Morgan fingerprint density at radius 1 is 0.825 bits per heavy atom. The molecular formula is C31H38N2O6S. The highest BCUT2D eigenvalue weighted by atomic mass is 32.2. The van der Waals surface area contributed by atoms with Crippen molar-refractivity contribution < 1.29 is 28.2 Å². The Morgan fingerprint density at radius 2 is 1.32 bits per heavy atom. The molecule has 0 radical (unpaired) electrons. The predicted octanol–water partition coefficient (Wildman–Crippen LogP) is 6.76. The highest BCUT2D eigenvalue weighted by Gasteiger charge is 2.21. The molecule has 0 aliphatic carbocycles. The molecule has 0 saturated carbocycles. The number of phenols is 2. The van der Waals surface area contributed by atoms with Gasteiger partial charge >= 0.3 is 0 Å². The first-order valence-electron chi connectivity index (χ1n) is 12.5. The molecule has 3 aromatic rings. The molecule has 3 aromatic carbocycles. The van der Waals surface area contributed by atoms with Gasteiger partial charge in [0.1, 0.15) is 17.8 Å². The molecule has 0 saturated heterocycles. The molecule has 1 amide bonds. The SMILES string of the molecule is C=C/C=C(\C=C)C=O.CC.CC.CNc1cc(S(=O)(=O)c2ccc(O)c(NC(=O)c3ccccc3)c2)ccc1O. The number of hydrogen-bond acceptors (Lipinski definition) is 7. The second kappa shape index (κ2) is 18.6. The van der Waals surface area contributed by atoms with Crippen molar-refractivity contribution in [3.63, 3.8) is 0 Å². The van der Waals surface area contributed by atoms with Crippen LogP contribution in [0.1, 0.15) is 38.1 Å². The number of sulfone groups is 1. The van der Waals surface area contributed by atoms with E-state index in [1.165, 1.54) is 42.5 Å². The van der Waals surface area contributed by atoms with Crippen molar-refractivity contribution in [1.82, 2.24) is 0 Å². The first-order chi connectivity index (χ1) is 19.2. The first-order valence-corrected chi connectivity index (χ1v) is 14.0. The molecule has 8 nitrogen and oxygen atoms in total. The fourth-order valence-corrected chi connectivity index (χ4v) is 4.19. The molecule has 0 heterocycles. The van der Waals surface area contributed by atoms with Crippen LogP contribution in [-0.4, -0.2) is 37.9 Å². The van der Waals surface area contributed by atoms with Gasteiger partial charge in [0.05, 0.1) is 21.2 Å². The molecule has 0 aliphatic heterocycles. The van der Waals surface area contributed by atoms with E-state index in [0.717, 1.165) is 6.29 Å². The average molecular weight is 567 g/mol. The Morgan fingerprint density at radius 3 is 1.75 bits per heavy atom. The zero-order valence-electron chi connectivity index (χ0n) is 23.5. The second-order valence-corrected chi connectivity index (χ2v) is 9.11. The number of carbonyl (C=O) groups excluding carboxylic acids is 2. The lowest BCUT2D eigenvalue weighted by atomic mass is 10.2. The van der Waals surface area contributed by atoms with Crippen molar-refractivity contribution in [3.05, 3.63) is 109 Å². The Labute approximate surface area is 237 Å². The van der Waals surface area contributed by atoms with Gasteiger partial charge in [0, 0.05) is 18.2 Å². The molecule has 4 N–H and O–H groups in total. The maximum atomic E-state index is 12.9. The van der Waals surface area contributed by atoms with Crippen LogP contribution < -0.4 is 10.6 Å². The molecule has 40 heavy (non-hydrogen) atoms. The van der Waals surface area contributed by atoms with Gasteiger partial charge in [-0.15, -0.1) is 0 Å². The second-order valence-electron chi connectivity index (χ2n) is 7.16. The van der Waals surface area contributed by atoms with Gasteiger partial charge < -0.3 is 20.8 Å². The van der Waals surface area contributed by atoms with E-state index >= 15 is 0 Å². The van der Waals surface area contributed by atoms with Crippen LogP contribution in [0.3, 0.4) is 0 Å². The van der Waals surface area contributed by atoms with Crippen molar-refractivity contribution in [3.8, 4) is 11.5 Å². The van der Waals surface area contributed by atoms with Crippen LogP contribution in [0, 0.1) is 0 Å². The minimum absolute atomic E-state index is 0.0254. The molecule has 0 fully saturated rings. The smallest absolute Gasteiger partial charge is 0.255 e. The Hall–Kier alpha value is -4.63. The summed E-state index contributed by atoms with van der Waals surface area (Å²) in [6.45, 7) is 14.8. The number of allylic oxidation sites excluding steroid dienone is 4. The molecule has 0 aliphatic rings. The number of rotatable bonds is 8. The van der Waals surface area contributed by atoms with Crippen molar-refractivity contribution in [2.75, 3.05) is 17.7 Å². The van der Waals surface area contributed by atoms with Crippen LogP contribution in [-0.2, 0) is 14.6 Å². The molecular weight excluding hydrogens is 528 g/mol. The summed E-state index contributed by atoms with van der Waals surface area (Å²) in [5.41, 5.74) is 1.16. The van der Waals surface area contributed by atoms with E-state index in [2.05, 4.69) is 23.8 Å². The summed E-state index contributed by atoms with van der Waals surface area (Å²) < 4.78 is 25.9. The quantitative estimate of drug-likeness (QED) is 0.102. The minimum atomic E-state index is -3.94. The third-order valence-electron chi connectivity index (χ3n) is 4.79. The summed E-state index contributed by atoms with van der Waals surface area (Å²) in [6, 6.07) is 15.8. The zero-order chi connectivity index (χ0) is 30.7. The highest BCUT2D eigenvalue weighted by Crippen LogP contribution is 2.32. The number of aromatic hydroxyl groups is 2. The lowest BCUT2D eigenvalue weighted by Gasteiger charge is -2.12. The molecule has 0 spiro atoms. The number of phenolic OH excluding ortho intramolecular Hbond substituents is 2. The first kappa shape index (κ1) is 35.4. The summed E-state index contributed by atoms with van der Waals surface area (Å²) in [6.07, 6.45) is 5.36. The Kier molecular flexibility index (Phi) is 16.4. The zero-order valence-corrected chi connectivity index (χ0v) is 24.3. The molecule has 214 valence electrons. The summed E-state index contributed by atoms with van der Waals surface area (Å²) >= 11 is 0. The van der Waals surface area contributed by atoms with Crippen molar-refractivity contribution >= 4 is 33.4 Å². The number of hydrogen-bond donors (Lipinski definition) is 4. The van der Waals surface area contributed by atoms with Crippen molar-refractivity contribution in [2.45, 2.75) is 37.5 Å². The van der Waals surface area contributed by atoms with Gasteiger partial charge in [-0.1, -0.05) is 77.3 Å². The molecule has 3 rings (SSSR count). The third-order valence-corrected chi connectivity index (χ3v) is 6.54. The van der Waals surface area contributed by atoms with E-state index in [1.54, 1.807) is 49.5 Å². The largest absolute Gasteiger partial charge is 0.506 e. The topological polar surface area (TPSA) is 133 Å². The number of aldehydes is 1. The molecule has 0 aromatic heterocycles. The van der Waals surface area contributed by atoms with Gasteiger partial charge in [0.15, 0.2) is 0 Å². The lowest BCUT2D eigenvalue weighted by molar-refractivity contribution is -0.104. The van der Waals surface area contributed by atoms with E-state index in [-0.39, 0.29) is 32.7 Å². The number of anilines is 2. The number of nitrogens with one attached hydrogen (secondary N) is 2. The Bertz CT molecular complexity index is 1390. The van der Waals surface area contributed by atoms with Crippen LogP contribution in [0.15, 0.2) is 113 Å². The third kappa shape index (κ3) is 10.3. The maximum absolute atomic E-state index is 12.9. The van der Waals surface area contributed by atoms with E-state index in [4.69, 9.17) is 0 Å². The maximum Gasteiger partial charge on any atom is 0.255 e. The summed E-state index contributed by atoms with van der Waals surface area (Å²) in [5, 5.41) is 25.0. The predicted molar refractivity (Wildman–Crippen MR) is 163 cm³/mol. The summed E-state index contributed by atoms with van der Waals surface area (Å²) in [7, 11) is -2.38. The fraction of sp³-hybridized carbons (Fsp3) is 0.161. The van der Waals surface area contributed by atoms with Crippen LogP contribution in [0.4, 0.5) is 11.4 Å². The van der Waals surface area contributed by atoms with Crippen LogP contribution in [0.5, 0.6) is 11.5 Å². The summed E-state index contributed by atoms with van der Waals surface area (Å²) in [5.74, 6) is -0.819. The number of amides is 1. The fourth-order valence-electron chi connectivity index (χ4n) is 2.88. The number of carbonyl (C=O) groups is 2. The molecule has 9 heteroatoms. The van der Waals surface area contributed by atoms with Gasteiger partial charge in [0.25, 0.3) is 5.91 Å². The van der Waals surface area contributed by atoms with Crippen LogP contribution in [0.2, 0.25) is 0 Å². The summed E-state index contributed by atoms with van der Waals surface area (Å²) in [4.78, 5) is 22.1. The minimum Gasteiger partial charge on any atom is -0.506 e. The lowest BCUT2D eigenvalue weighted by Crippen LogP contribution is -2.12. The van der Waals surface area contributed by atoms with Crippen molar-refractivity contribution in [2.24, 2.45) is 0 Å². The van der Waals surface area contributed by atoms with E-state index in [0.29, 0.717) is 11.1 Å². The average Bonchev–Trinajstić information content (AvgIpc) is 2.99.